The molecule has 3 atom stereocenters. The maximum Gasteiger partial charge on any atom is 0.118 e. The Bertz CT molecular complexity index is 813. The first-order chi connectivity index (χ1) is 14.7. The van der Waals surface area contributed by atoms with Crippen molar-refractivity contribution in [2.45, 2.75) is 38.1 Å². The van der Waals surface area contributed by atoms with Gasteiger partial charge in [-0.15, -0.1) is 0 Å². The number of rotatable bonds is 11. The van der Waals surface area contributed by atoms with Gasteiger partial charge in [0.2, 0.25) is 0 Å². The zero-order valence-electron chi connectivity index (χ0n) is 18.3. The highest BCUT2D eigenvalue weighted by Gasteiger charge is 2.42. The van der Waals surface area contributed by atoms with E-state index in [1.54, 1.807) is 7.11 Å². The third-order valence-corrected chi connectivity index (χ3v) is 6.17. The summed E-state index contributed by atoms with van der Waals surface area (Å²) >= 11 is 0. The van der Waals surface area contributed by atoms with Crippen molar-refractivity contribution in [1.82, 2.24) is 5.32 Å². The minimum atomic E-state index is -0.328. The van der Waals surface area contributed by atoms with Crippen LogP contribution in [0.5, 0.6) is 5.75 Å². The number of benzene rings is 2. The van der Waals surface area contributed by atoms with Crippen LogP contribution in [0.3, 0.4) is 0 Å². The molecular formula is C27H35NO2. The Labute approximate surface area is 181 Å². The molecule has 0 heterocycles. The standard InChI is InChI=1S/C27H35NO2/c1-22-12-8-9-15-26(22)27(23-13-6-5-7-14-23,28-20-10-3-4-11-21-29)24-16-18-25(30-2)19-17-24/h5-9,12-19,22,26,28-29H,3-4,10-11,20-21H2,1-2H3. The highest BCUT2D eigenvalue weighted by Crippen LogP contribution is 2.43. The monoisotopic (exact) mass is 405 g/mol. The van der Waals surface area contributed by atoms with Crippen LogP contribution in [-0.4, -0.2) is 25.4 Å². The summed E-state index contributed by atoms with van der Waals surface area (Å²) in [6, 6.07) is 19.3. The van der Waals surface area contributed by atoms with E-state index in [0.29, 0.717) is 5.92 Å². The van der Waals surface area contributed by atoms with Crippen molar-refractivity contribution in [2.75, 3.05) is 20.3 Å². The number of hydrogen-bond donors (Lipinski definition) is 2. The lowest BCUT2D eigenvalue weighted by Crippen LogP contribution is -2.51. The first-order valence-electron chi connectivity index (χ1n) is 11.1. The third kappa shape index (κ3) is 5.03. The fourth-order valence-electron chi connectivity index (χ4n) is 4.56. The Morgan fingerprint density at radius 3 is 2.20 bits per heavy atom. The van der Waals surface area contributed by atoms with Gasteiger partial charge in [0, 0.05) is 12.5 Å². The van der Waals surface area contributed by atoms with E-state index in [-0.39, 0.29) is 18.1 Å². The van der Waals surface area contributed by atoms with Crippen LogP contribution >= 0.6 is 0 Å². The Morgan fingerprint density at radius 2 is 1.53 bits per heavy atom. The van der Waals surface area contributed by atoms with Crippen molar-refractivity contribution in [3.05, 3.63) is 90.0 Å². The minimum Gasteiger partial charge on any atom is -0.497 e. The van der Waals surface area contributed by atoms with Gasteiger partial charge in [0.1, 0.15) is 5.75 Å². The second-order valence-corrected chi connectivity index (χ2v) is 8.12. The summed E-state index contributed by atoms with van der Waals surface area (Å²) < 4.78 is 5.42. The Hall–Kier alpha value is -2.36. The highest BCUT2D eigenvalue weighted by atomic mass is 16.5. The van der Waals surface area contributed by atoms with Crippen molar-refractivity contribution >= 4 is 0 Å². The predicted molar refractivity (Wildman–Crippen MR) is 125 cm³/mol. The maximum atomic E-state index is 9.05. The summed E-state index contributed by atoms with van der Waals surface area (Å²) in [5, 5.41) is 13.0. The van der Waals surface area contributed by atoms with Gasteiger partial charge >= 0.3 is 0 Å². The van der Waals surface area contributed by atoms with Crippen molar-refractivity contribution in [2.24, 2.45) is 11.8 Å². The van der Waals surface area contributed by atoms with Gasteiger partial charge in [-0.1, -0.05) is 86.5 Å². The van der Waals surface area contributed by atoms with Crippen LogP contribution in [0.4, 0.5) is 0 Å². The van der Waals surface area contributed by atoms with E-state index in [4.69, 9.17) is 9.84 Å². The zero-order valence-corrected chi connectivity index (χ0v) is 18.3. The first kappa shape index (κ1) is 22.3. The number of nitrogens with one attached hydrogen (secondary N) is 1. The number of methoxy groups -OCH3 is 1. The molecule has 3 nitrogen and oxygen atoms in total. The van der Waals surface area contributed by atoms with Crippen LogP contribution in [0.1, 0.15) is 43.7 Å². The average molecular weight is 406 g/mol. The van der Waals surface area contributed by atoms with Crippen LogP contribution in [0.25, 0.3) is 0 Å². The molecule has 0 fully saturated rings. The van der Waals surface area contributed by atoms with Crippen LogP contribution in [-0.2, 0) is 5.54 Å². The van der Waals surface area contributed by atoms with Crippen molar-refractivity contribution in [1.29, 1.82) is 0 Å². The van der Waals surface area contributed by atoms with Gasteiger partial charge in [0.15, 0.2) is 0 Å². The SMILES string of the molecule is COc1ccc(C(NCCCCCCO)(c2ccccc2)C2C=CC=CC2C)cc1. The molecule has 3 rings (SSSR count). The molecule has 2 aromatic rings. The molecule has 0 saturated carbocycles. The molecule has 1 aliphatic carbocycles. The van der Waals surface area contributed by atoms with Crippen molar-refractivity contribution in [3.63, 3.8) is 0 Å². The first-order valence-corrected chi connectivity index (χ1v) is 11.1. The third-order valence-electron chi connectivity index (χ3n) is 6.17. The average Bonchev–Trinajstić information content (AvgIpc) is 2.80. The second-order valence-electron chi connectivity index (χ2n) is 8.12. The zero-order chi connectivity index (χ0) is 21.2. The van der Waals surface area contributed by atoms with E-state index in [1.807, 2.05) is 0 Å². The van der Waals surface area contributed by atoms with Gasteiger partial charge in [-0.25, -0.2) is 0 Å². The normalized spacial score (nSPS) is 20.1. The number of aliphatic hydroxyl groups excluding tert-OH is 1. The lowest BCUT2D eigenvalue weighted by atomic mass is 9.67. The molecule has 0 amide bonds. The van der Waals surface area contributed by atoms with Crippen molar-refractivity contribution < 1.29 is 9.84 Å². The van der Waals surface area contributed by atoms with Gasteiger partial charge in [-0.2, -0.15) is 0 Å². The number of ether oxygens (including phenoxy) is 1. The van der Waals surface area contributed by atoms with Gasteiger partial charge in [-0.05, 0) is 48.6 Å². The Balaban J connectivity index is 2.01. The predicted octanol–water partition coefficient (Wildman–Crippen LogP) is 5.46. The molecule has 30 heavy (non-hydrogen) atoms. The van der Waals surface area contributed by atoms with Crippen LogP contribution in [0.2, 0.25) is 0 Å². The van der Waals surface area contributed by atoms with E-state index < -0.39 is 0 Å². The lowest BCUT2D eigenvalue weighted by Gasteiger charge is -2.44. The van der Waals surface area contributed by atoms with Crippen LogP contribution in [0, 0.1) is 11.8 Å². The van der Waals surface area contributed by atoms with E-state index in [0.717, 1.165) is 38.0 Å². The van der Waals surface area contributed by atoms with Crippen LogP contribution in [0.15, 0.2) is 78.9 Å². The number of hydrogen-bond acceptors (Lipinski definition) is 3. The Morgan fingerprint density at radius 1 is 0.867 bits per heavy atom. The van der Waals surface area contributed by atoms with E-state index in [1.165, 1.54) is 11.1 Å². The molecule has 2 N–H and O–H groups in total. The molecule has 0 bridgehead atoms. The maximum absolute atomic E-state index is 9.05. The molecule has 0 aliphatic heterocycles. The summed E-state index contributed by atoms with van der Waals surface area (Å²) in [5.74, 6) is 1.56. The van der Waals surface area contributed by atoms with Gasteiger partial charge in [0.25, 0.3) is 0 Å². The summed E-state index contributed by atoms with van der Waals surface area (Å²) in [5.41, 5.74) is 2.20. The fourth-order valence-corrected chi connectivity index (χ4v) is 4.56. The second kappa shape index (κ2) is 11.1. The van der Waals surface area contributed by atoms with Gasteiger partial charge < -0.3 is 15.2 Å². The highest BCUT2D eigenvalue weighted by molar-refractivity contribution is 5.44. The quantitative estimate of drug-likeness (QED) is 0.488. The van der Waals surface area contributed by atoms with Gasteiger partial charge in [-0.3, -0.25) is 0 Å². The van der Waals surface area contributed by atoms with Crippen molar-refractivity contribution in [3.8, 4) is 5.75 Å². The number of allylic oxidation sites excluding steroid dienone is 3. The summed E-state index contributed by atoms with van der Waals surface area (Å²) in [6.07, 6.45) is 13.1. The molecular weight excluding hydrogens is 370 g/mol. The largest absolute Gasteiger partial charge is 0.497 e. The van der Waals surface area contributed by atoms with E-state index >= 15 is 0 Å². The molecule has 3 heteroatoms. The molecule has 3 unspecified atom stereocenters. The topological polar surface area (TPSA) is 41.5 Å². The van der Waals surface area contributed by atoms with E-state index in [9.17, 15) is 0 Å². The fraction of sp³-hybridized carbons (Fsp3) is 0.407. The molecule has 160 valence electrons. The van der Waals surface area contributed by atoms with E-state index in [2.05, 4.69) is 91.1 Å². The molecule has 0 saturated heterocycles. The molecule has 1 aliphatic rings. The van der Waals surface area contributed by atoms with Crippen LogP contribution < -0.4 is 10.1 Å². The summed E-state index contributed by atoms with van der Waals surface area (Å²) in [6.45, 7) is 3.51. The number of unbranched alkanes of at least 4 members (excludes halogenated alkanes) is 3. The Kier molecular flexibility index (Phi) is 8.30. The lowest BCUT2D eigenvalue weighted by molar-refractivity contribution is 0.255. The molecule has 0 aromatic heterocycles. The number of aliphatic hydroxyl groups is 1. The molecule has 0 radical (unpaired) electrons. The smallest absolute Gasteiger partial charge is 0.118 e. The summed E-state index contributed by atoms with van der Waals surface area (Å²) in [7, 11) is 1.71. The summed E-state index contributed by atoms with van der Waals surface area (Å²) in [4.78, 5) is 0. The van der Waals surface area contributed by atoms with Gasteiger partial charge in [0.05, 0.1) is 12.6 Å². The molecule has 2 aromatic carbocycles. The minimum absolute atomic E-state index is 0.282. The molecule has 0 spiro atoms.